The molecule has 0 unspecified atom stereocenters. The predicted molar refractivity (Wildman–Crippen MR) is 110 cm³/mol. The van der Waals surface area contributed by atoms with Crippen LogP contribution < -0.4 is 10.2 Å². The molecule has 1 aliphatic rings. The number of anilines is 1. The lowest BCUT2D eigenvalue weighted by Gasteiger charge is -2.25. The predicted octanol–water partition coefficient (Wildman–Crippen LogP) is 5.33. The van der Waals surface area contributed by atoms with Gasteiger partial charge in [-0.2, -0.15) is 0 Å². The quantitative estimate of drug-likeness (QED) is 0.747. The number of hydrogen-bond acceptors (Lipinski definition) is 2. The molecule has 0 atom stereocenters. The maximum atomic E-state index is 12.9. The molecule has 0 aromatic heterocycles. The summed E-state index contributed by atoms with van der Waals surface area (Å²) in [6.07, 6.45) is 5.51. The van der Waals surface area contributed by atoms with E-state index in [-0.39, 0.29) is 22.9 Å². The summed E-state index contributed by atoms with van der Waals surface area (Å²) in [6.45, 7) is 0. The molecular formula is C21H22Cl2N2O2. The minimum atomic E-state index is -0.297. The third kappa shape index (κ3) is 4.63. The number of nitrogens with one attached hydrogen (secondary N) is 1. The molecule has 3 rings (SSSR count). The van der Waals surface area contributed by atoms with Crippen LogP contribution in [0.4, 0.5) is 5.69 Å². The molecular weight excluding hydrogens is 383 g/mol. The van der Waals surface area contributed by atoms with Gasteiger partial charge in [-0.15, -0.1) is 0 Å². The minimum Gasteiger partial charge on any atom is -0.349 e. The second-order valence-corrected chi connectivity index (χ2v) is 7.66. The Hall–Kier alpha value is -2.04. The molecule has 2 amide bonds. The number of amides is 2. The second-order valence-electron chi connectivity index (χ2n) is 6.81. The van der Waals surface area contributed by atoms with Gasteiger partial charge in [0.05, 0.1) is 21.8 Å². The summed E-state index contributed by atoms with van der Waals surface area (Å²) in [5, 5.41) is 3.85. The fraction of sp³-hybridized carbons (Fsp3) is 0.333. The highest BCUT2D eigenvalue weighted by Crippen LogP contribution is 2.26. The average molecular weight is 405 g/mol. The third-order valence-corrected chi connectivity index (χ3v) is 5.46. The van der Waals surface area contributed by atoms with E-state index in [0.29, 0.717) is 21.8 Å². The summed E-state index contributed by atoms with van der Waals surface area (Å²) in [5.74, 6) is -0.450. The first kappa shape index (κ1) is 19.7. The van der Waals surface area contributed by atoms with Crippen molar-refractivity contribution in [2.45, 2.75) is 38.1 Å². The summed E-state index contributed by atoms with van der Waals surface area (Å²) in [5.41, 5.74) is 1.36. The van der Waals surface area contributed by atoms with E-state index in [1.807, 2.05) is 0 Å². The van der Waals surface area contributed by atoms with Crippen molar-refractivity contribution in [1.82, 2.24) is 5.32 Å². The van der Waals surface area contributed by atoms with Crippen LogP contribution in [-0.2, 0) is 0 Å². The molecule has 4 nitrogen and oxygen atoms in total. The first-order valence-corrected chi connectivity index (χ1v) is 9.86. The normalized spacial score (nSPS) is 14.6. The molecule has 0 bridgehead atoms. The minimum absolute atomic E-state index is 0.153. The van der Waals surface area contributed by atoms with Crippen LogP contribution in [0.1, 0.15) is 52.8 Å². The molecule has 2 aromatic rings. The smallest absolute Gasteiger partial charge is 0.259 e. The van der Waals surface area contributed by atoms with E-state index in [1.165, 1.54) is 17.4 Å². The number of carbonyl (C=O) groups excluding carboxylic acids is 2. The Labute approximate surface area is 169 Å². The number of rotatable bonds is 4. The summed E-state index contributed by atoms with van der Waals surface area (Å²) < 4.78 is 0. The molecule has 1 saturated carbocycles. The highest BCUT2D eigenvalue weighted by Gasteiger charge is 2.23. The molecule has 6 heteroatoms. The van der Waals surface area contributed by atoms with E-state index in [1.54, 1.807) is 43.4 Å². The molecule has 1 N–H and O–H groups in total. The van der Waals surface area contributed by atoms with Gasteiger partial charge >= 0.3 is 0 Å². The van der Waals surface area contributed by atoms with Crippen molar-refractivity contribution in [3.8, 4) is 0 Å². The molecule has 2 aromatic carbocycles. The van der Waals surface area contributed by atoms with Crippen molar-refractivity contribution in [2.75, 3.05) is 11.9 Å². The Balaban J connectivity index is 1.83. The molecule has 1 aliphatic carbocycles. The lowest BCUT2D eigenvalue weighted by atomic mass is 9.95. The van der Waals surface area contributed by atoms with Crippen LogP contribution in [0.5, 0.6) is 0 Å². The van der Waals surface area contributed by atoms with E-state index in [9.17, 15) is 9.59 Å². The number of benzene rings is 2. The van der Waals surface area contributed by atoms with Gasteiger partial charge in [0.25, 0.3) is 11.8 Å². The van der Waals surface area contributed by atoms with Crippen LogP contribution in [0.3, 0.4) is 0 Å². The van der Waals surface area contributed by atoms with Gasteiger partial charge in [0.15, 0.2) is 0 Å². The first-order chi connectivity index (χ1) is 13.0. The van der Waals surface area contributed by atoms with Gasteiger partial charge in [-0.05, 0) is 43.2 Å². The highest BCUT2D eigenvalue weighted by molar-refractivity contribution is 6.37. The number of hydrogen-bond donors (Lipinski definition) is 1. The van der Waals surface area contributed by atoms with Crippen molar-refractivity contribution in [1.29, 1.82) is 0 Å². The molecule has 0 saturated heterocycles. The van der Waals surface area contributed by atoms with Gasteiger partial charge in [0.2, 0.25) is 0 Å². The van der Waals surface area contributed by atoms with E-state index in [2.05, 4.69) is 5.32 Å². The molecule has 142 valence electrons. The number of halogens is 2. The van der Waals surface area contributed by atoms with Crippen LogP contribution in [0.2, 0.25) is 10.0 Å². The summed E-state index contributed by atoms with van der Waals surface area (Å²) in [7, 11) is 1.64. The molecule has 0 heterocycles. The van der Waals surface area contributed by atoms with E-state index in [0.717, 1.165) is 25.7 Å². The van der Waals surface area contributed by atoms with Gasteiger partial charge < -0.3 is 10.2 Å². The van der Waals surface area contributed by atoms with Gasteiger partial charge in [-0.25, -0.2) is 0 Å². The van der Waals surface area contributed by atoms with Gasteiger partial charge in [0, 0.05) is 18.1 Å². The summed E-state index contributed by atoms with van der Waals surface area (Å²) in [4.78, 5) is 27.2. The Morgan fingerprint density at radius 2 is 1.70 bits per heavy atom. The molecule has 0 aliphatic heterocycles. The number of para-hydroxylation sites is 1. The summed E-state index contributed by atoms with van der Waals surface area (Å²) >= 11 is 12.1. The van der Waals surface area contributed by atoms with E-state index in [4.69, 9.17) is 23.2 Å². The van der Waals surface area contributed by atoms with Crippen LogP contribution >= 0.6 is 23.2 Å². The fourth-order valence-corrected chi connectivity index (χ4v) is 3.91. The monoisotopic (exact) mass is 404 g/mol. The molecule has 0 radical (unpaired) electrons. The zero-order chi connectivity index (χ0) is 19.4. The maximum absolute atomic E-state index is 12.9. The van der Waals surface area contributed by atoms with Crippen molar-refractivity contribution in [3.63, 3.8) is 0 Å². The van der Waals surface area contributed by atoms with Crippen molar-refractivity contribution in [2.24, 2.45) is 0 Å². The zero-order valence-corrected chi connectivity index (χ0v) is 16.7. The Morgan fingerprint density at radius 3 is 2.41 bits per heavy atom. The molecule has 0 spiro atoms. The lowest BCUT2D eigenvalue weighted by molar-refractivity contribution is 0.0928. The standard InChI is InChI=1S/C21H22Cl2N2O2/c1-25(21(27)16-12-11-14(22)13-18(16)23)19-10-6-5-9-17(19)20(26)24-15-7-3-2-4-8-15/h5-6,9-13,15H,2-4,7-8H2,1H3,(H,24,26). The second kappa shape index (κ2) is 8.77. The van der Waals surface area contributed by atoms with Gasteiger partial charge in [-0.3, -0.25) is 9.59 Å². The molecule has 27 heavy (non-hydrogen) atoms. The SMILES string of the molecule is CN(C(=O)c1ccc(Cl)cc1Cl)c1ccccc1C(=O)NC1CCCCC1. The zero-order valence-electron chi connectivity index (χ0n) is 15.2. The molecule has 1 fully saturated rings. The van der Waals surface area contributed by atoms with Crippen molar-refractivity contribution < 1.29 is 9.59 Å². The number of carbonyl (C=O) groups is 2. The maximum Gasteiger partial charge on any atom is 0.259 e. The van der Waals surface area contributed by atoms with Crippen LogP contribution in [0, 0.1) is 0 Å². The summed E-state index contributed by atoms with van der Waals surface area (Å²) in [6, 6.07) is 12.0. The fourth-order valence-electron chi connectivity index (χ4n) is 3.42. The topological polar surface area (TPSA) is 49.4 Å². The third-order valence-electron chi connectivity index (χ3n) is 4.92. The van der Waals surface area contributed by atoms with Crippen LogP contribution in [-0.4, -0.2) is 24.9 Å². The van der Waals surface area contributed by atoms with Crippen molar-refractivity contribution in [3.05, 3.63) is 63.6 Å². The van der Waals surface area contributed by atoms with E-state index >= 15 is 0 Å². The first-order valence-electron chi connectivity index (χ1n) is 9.10. The van der Waals surface area contributed by atoms with Gasteiger partial charge in [-0.1, -0.05) is 54.6 Å². The average Bonchev–Trinajstić information content (AvgIpc) is 2.67. The van der Waals surface area contributed by atoms with Crippen LogP contribution in [0.15, 0.2) is 42.5 Å². The highest BCUT2D eigenvalue weighted by atomic mass is 35.5. The Morgan fingerprint density at radius 1 is 1.00 bits per heavy atom. The number of nitrogens with zero attached hydrogens (tertiary/aromatic N) is 1. The van der Waals surface area contributed by atoms with Crippen LogP contribution in [0.25, 0.3) is 0 Å². The lowest BCUT2D eigenvalue weighted by Crippen LogP contribution is -2.37. The Kier molecular flexibility index (Phi) is 6.40. The van der Waals surface area contributed by atoms with Crippen molar-refractivity contribution >= 4 is 40.7 Å². The van der Waals surface area contributed by atoms with Gasteiger partial charge in [0.1, 0.15) is 0 Å². The largest absolute Gasteiger partial charge is 0.349 e. The Bertz CT molecular complexity index is 848. The van der Waals surface area contributed by atoms with E-state index < -0.39 is 0 Å².